The van der Waals surface area contributed by atoms with Gasteiger partial charge in [-0.05, 0) is 43.7 Å². The van der Waals surface area contributed by atoms with E-state index in [1.54, 1.807) is 0 Å². The number of hydrogen-bond acceptors (Lipinski definition) is 2. The summed E-state index contributed by atoms with van der Waals surface area (Å²) in [4.78, 5) is 0. The summed E-state index contributed by atoms with van der Waals surface area (Å²) in [7, 11) is 0. The van der Waals surface area contributed by atoms with Crippen molar-refractivity contribution in [3.05, 3.63) is 35.9 Å². The molecule has 2 rings (SSSR count). The fourth-order valence-corrected chi connectivity index (χ4v) is 2.78. The predicted octanol–water partition coefficient (Wildman–Crippen LogP) is 4.04. The highest BCUT2D eigenvalue weighted by Crippen LogP contribution is 2.41. The fraction of sp³-hybridized carbons (Fsp3) is 0.529. The summed E-state index contributed by atoms with van der Waals surface area (Å²) in [5.41, 5.74) is 2.44. The lowest BCUT2D eigenvalue weighted by Crippen LogP contribution is -2.24. The van der Waals surface area contributed by atoms with E-state index in [0.717, 1.165) is 24.2 Å². The van der Waals surface area contributed by atoms with E-state index in [9.17, 15) is 5.11 Å². The Balaban J connectivity index is 2.36. The molecule has 1 aliphatic rings. The van der Waals surface area contributed by atoms with E-state index >= 15 is 0 Å². The summed E-state index contributed by atoms with van der Waals surface area (Å²) in [6.07, 6.45) is 3.58. The Morgan fingerprint density at radius 2 is 1.95 bits per heavy atom. The van der Waals surface area contributed by atoms with Gasteiger partial charge in [0.25, 0.3) is 0 Å². The largest absolute Gasteiger partial charge is 0.490 e. The first-order valence-corrected chi connectivity index (χ1v) is 7.02. The molecule has 19 heavy (non-hydrogen) atoms. The average Bonchev–Trinajstić information content (AvgIpc) is 2.26. The Morgan fingerprint density at radius 1 is 1.26 bits per heavy atom. The van der Waals surface area contributed by atoms with E-state index in [1.807, 2.05) is 38.1 Å². The van der Waals surface area contributed by atoms with Crippen LogP contribution in [0.1, 0.15) is 46.1 Å². The summed E-state index contributed by atoms with van der Waals surface area (Å²) in [5.74, 6) is 0.911. The normalized spacial score (nSPS) is 22.2. The molecular weight excluding hydrogens is 236 g/mol. The SMILES string of the molecule is CC(C)Oc1ccccc1C1=CC(O)CC(C)(C)C1. The molecule has 0 fully saturated rings. The van der Waals surface area contributed by atoms with E-state index < -0.39 is 0 Å². The molecule has 0 radical (unpaired) electrons. The highest BCUT2D eigenvalue weighted by atomic mass is 16.5. The highest BCUT2D eigenvalue weighted by Gasteiger charge is 2.29. The summed E-state index contributed by atoms with van der Waals surface area (Å²) in [6.45, 7) is 8.47. The highest BCUT2D eigenvalue weighted by molar-refractivity contribution is 5.72. The summed E-state index contributed by atoms with van der Waals surface area (Å²) >= 11 is 0. The number of aliphatic hydroxyl groups is 1. The second-order valence-corrected chi connectivity index (χ2v) is 6.47. The van der Waals surface area contributed by atoms with Gasteiger partial charge in [0, 0.05) is 5.56 Å². The van der Waals surface area contributed by atoms with E-state index in [0.29, 0.717) is 0 Å². The minimum atomic E-state index is -0.356. The van der Waals surface area contributed by atoms with E-state index in [4.69, 9.17) is 4.74 Å². The molecule has 104 valence electrons. The lowest BCUT2D eigenvalue weighted by Gasteiger charge is -2.33. The molecule has 1 N–H and O–H groups in total. The van der Waals surface area contributed by atoms with Gasteiger partial charge < -0.3 is 9.84 Å². The zero-order chi connectivity index (χ0) is 14.0. The van der Waals surface area contributed by atoms with E-state index in [2.05, 4.69) is 19.9 Å². The van der Waals surface area contributed by atoms with Crippen molar-refractivity contribution >= 4 is 5.57 Å². The van der Waals surface area contributed by atoms with Crippen molar-refractivity contribution in [3.8, 4) is 5.75 Å². The number of ether oxygens (including phenoxy) is 1. The first kappa shape index (κ1) is 14.1. The second kappa shape index (κ2) is 5.38. The fourth-order valence-electron chi connectivity index (χ4n) is 2.78. The molecule has 1 unspecified atom stereocenters. The Bertz CT molecular complexity index is 472. The Morgan fingerprint density at radius 3 is 2.58 bits per heavy atom. The Labute approximate surface area is 116 Å². The van der Waals surface area contributed by atoms with Gasteiger partial charge in [0.05, 0.1) is 12.2 Å². The zero-order valence-electron chi connectivity index (χ0n) is 12.3. The number of hydrogen-bond donors (Lipinski definition) is 1. The van der Waals surface area contributed by atoms with Crippen molar-refractivity contribution in [2.45, 2.75) is 52.7 Å². The molecule has 1 aromatic rings. The minimum absolute atomic E-state index is 0.133. The summed E-state index contributed by atoms with van der Waals surface area (Å²) in [5, 5.41) is 10.0. The number of para-hydroxylation sites is 1. The van der Waals surface area contributed by atoms with Crippen LogP contribution in [0.5, 0.6) is 5.75 Å². The molecule has 2 heteroatoms. The standard InChI is InChI=1S/C17H24O2/c1-12(2)19-16-8-6-5-7-15(16)13-9-14(18)11-17(3,4)10-13/h5-9,12,14,18H,10-11H2,1-4H3. The predicted molar refractivity (Wildman–Crippen MR) is 79.2 cm³/mol. The zero-order valence-corrected chi connectivity index (χ0v) is 12.3. The van der Waals surface area contributed by atoms with Gasteiger partial charge in [-0.15, -0.1) is 0 Å². The molecule has 2 nitrogen and oxygen atoms in total. The topological polar surface area (TPSA) is 29.5 Å². The third-order valence-corrected chi connectivity index (χ3v) is 3.42. The van der Waals surface area contributed by atoms with Crippen molar-refractivity contribution in [1.29, 1.82) is 0 Å². The van der Waals surface area contributed by atoms with Crippen LogP contribution in [-0.4, -0.2) is 17.3 Å². The number of aliphatic hydroxyl groups excluding tert-OH is 1. The van der Waals surface area contributed by atoms with Crippen molar-refractivity contribution < 1.29 is 9.84 Å². The van der Waals surface area contributed by atoms with Crippen LogP contribution in [0.15, 0.2) is 30.3 Å². The van der Waals surface area contributed by atoms with Gasteiger partial charge in [0.15, 0.2) is 0 Å². The minimum Gasteiger partial charge on any atom is -0.490 e. The summed E-state index contributed by atoms with van der Waals surface area (Å²) in [6, 6.07) is 8.10. The van der Waals surface area contributed by atoms with Gasteiger partial charge in [-0.1, -0.05) is 38.1 Å². The van der Waals surface area contributed by atoms with Crippen LogP contribution < -0.4 is 4.74 Å². The van der Waals surface area contributed by atoms with Crippen LogP contribution in [0.4, 0.5) is 0 Å². The smallest absolute Gasteiger partial charge is 0.127 e. The summed E-state index contributed by atoms with van der Waals surface area (Å²) < 4.78 is 5.88. The Kier molecular flexibility index (Phi) is 4.00. The number of allylic oxidation sites excluding steroid dienone is 1. The van der Waals surface area contributed by atoms with Crippen LogP contribution in [0.3, 0.4) is 0 Å². The third-order valence-electron chi connectivity index (χ3n) is 3.42. The van der Waals surface area contributed by atoms with Crippen molar-refractivity contribution in [3.63, 3.8) is 0 Å². The quantitative estimate of drug-likeness (QED) is 0.888. The van der Waals surface area contributed by atoms with Crippen molar-refractivity contribution in [1.82, 2.24) is 0 Å². The molecule has 0 spiro atoms. The molecule has 0 saturated carbocycles. The van der Waals surface area contributed by atoms with Gasteiger partial charge in [-0.25, -0.2) is 0 Å². The maximum atomic E-state index is 10.0. The van der Waals surface area contributed by atoms with Gasteiger partial charge >= 0.3 is 0 Å². The Hall–Kier alpha value is -1.28. The van der Waals surface area contributed by atoms with Gasteiger partial charge in [-0.2, -0.15) is 0 Å². The van der Waals surface area contributed by atoms with Gasteiger partial charge in [-0.3, -0.25) is 0 Å². The number of rotatable bonds is 3. The molecule has 0 aromatic heterocycles. The maximum Gasteiger partial charge on any atom is 0.127 e. The van der Waals surface area contributed by atoms with Crippen LogP contribution >= 0.6 is 0 Å². The van der Waals surface area contributed by atoms with Gasteiger partial charge in [0.2, 0.25) is 0 Å². The molecule has 0 heterocycles. The second-order valence-electron chi connectivity index (χ2n) is 6.47. The lowest BCUT2D eigenvalue weighted by molar-refractivity contribution is 0.146. The lowest BCUT2D eigenvalue weighted by atomic mass is 9.74. The third kappa shape index (κ3) is 3.60. The first-order chi connectivity index (χ1) is 8.87. The molecule has 0 amide bonds. The molecule has 0 aliphatic heterocycles. The van der Waals surface area contributed by atoms with Crippen molar-refractivity contribution in [2.24, 2.45) is 5.41 Å². The molecule has 1 aromatic carbocycles. The average molecular weight is 260 g/mol. The molecular formula is C17H24O2. The van der Waals surface area contributed by atoms with Crippen LogP contribution in [0.2, 0.25) is 0 Å². The monoisotopic (exact) mass is 260 g/mol. The van der Waals surface area contributed by atoms with E-state index in [-0.39, 0.29) is 17.6 Å². The van der Waals surface area contributed by atoms with E-state index in [1.165, 1.54) is 5.57 Å². The maximum absolute atomic E-state index is 10.0. The molecule has 0 saturated heterocycles. The van der Waals surface area contributed by atoms with Crippen molar-refractivity contribution in [2.75, 3.05) is 0 Å². The van der Waals surface area contributed by atoms with Crippen LogP contribution in [0, 0.1) is 5.41 Å². The molecule has 0 bridgehead atoms. The van der Waals surface area contributed by atoms with Gasteiger partial charge in [0.1, 0.15) is 5.75 Å². The van der Waals surface area contributed by atoms with Crippen LogP contribution in [0.25, 0.3) is 5.57 Å². The first-order valence-electron chi connectivity index (χ1n) is 7.02. The molecule has 1 atom stereocenters. The number of benzene rings is 1. The van der Waals surface area contributed by atoms with Crippen LogP contribution in [-0.2, 0) is 0 Å². The molecule has 1 aliphatic carbocycles.